The van der Waals surface area contributed by atoms with E-state index in [2.05, 4.69) is 4.98 Å². The van der Waals surface area contributed by atoms with E-state index in [4.69, 9.17) is 0 Å². The summed E-state index contributed by atoms with van der Waals surface area (Å²) in [5, 5.41) is 11.6. The number of piperidine rings is 1. The van der Waals surface area contributed by atoms with Gasteiger partial charge in [0.25, 0.3) is 5.56 Å². The molecule has 1 aromatic heterocycles. The molecule has 1 saturated heterocycles. The van der Waals surface area contributed by atoms with Crippen molar-refractivity contribution in [2.24, 2.45) is 5.92 Å². The average Bonchev–Trinajstić information content (AvgIpc) is 2.71. The first-order valence-electron chi connectivity index (χ1n) is 10.0. The summed E-state index contributed by atoms with van der Waals surface area (Å²) in [6.07, 6.45) is 8.02. The minimum absolute atomic E-state index is 0.130. The maximum absolute atomic E-state index is 12.7. The summed E-state index contributed by atoms with van der Waals surface area (Å²) in [5.41, 5.74) is -0.439. The van der Waals surface area contributed by atoms with Crippen LogP contribution in [0.25, 0.3) is 10.9 Å². The van der Waals surface area contributed by atoms with Crippen molar-refractivity contribution in [1.29, 1.82) is 0 Å². The van der Waals surface area contributed by atoms with E-state index in [0.717, 1.165) is 25.7 Å². The van der Waals surface area contributed by atoms with Gasteiger partial charge in [0, 0.05) is 19.0 Å². The normalized spacial score (nSPS) is 20.7. The molecular weight excluding hydrogens is 342 g/mol. The number of amides is 1. The van der Waals surface area contributed by atoms with E-state index in [9.17, 15) is 14.7 Å². The number of fused-ring (bicyclic) bond motifs is 1. The second kappa shape index (κ2) is 7.43. The molecule has 4 rings (SSSR count). The number of hydrogen-bond acceptors (Lipinski definition) is 4. The van der Waals surface area contributed by atoms with E-state index < -0.39 is 5.60 Å². The van der Waals surface area contributed by atoms with Gasteiger partial charge in [-0.25, -0.2) is 4.98 Å². The van der Waals surface area contributed by atoms with E-state index in [1.54, 1.807) is 6.07 Å². The van der Waals surface area contributed by atoms with Gasteiger partial charge in [0.05, 0.1) is 29.4 Å². The van der Waals surface area contributed by atoms with Crippen molar-refractivity contribution >= 4 is 16.8 Å². The van der Waals surface area contributed by atoms with E-state index in [1.807, 2.05) is 23.1 Å². The van der Waals surface area contributed by atoms with E-state index >= 15 is 0 Å². The Morgan fingerprint density at radius 3 is 2.59 bits per heavy atom. The third kappa shape index (κ3) is 3.76. The maximum Gasteiger partial charge on any atom is 0.261 e. The van der Waals surface area contributed by atoms with Crippen molar-refractivity contribution in [2.45, 2.75) is 57.1 Å². The van der Waals surface area contributed by atoms with Crippen LogP contribution >= 0.6 is 0 Å². The lowest BCUT2D eigenvalue weighted by Crippen LogP contribution is -2.51. The third-order valence-corrected chi connectivity index (χ3v) is 6.16. The van der Waals surface area contributed by atoms with Crippen LogP contribution in [0.2, 0.25) is 0 Å². The number of aliphatic hydroxyl groups is 1. The highest BCUT2D eigenvalue weighted by Gasteiger charge is 2.36. The summed E-state index contributed by atoms with van der Waals surface area (Å²) in [5.74, 6) is 0.415. The number of likely N-dealkylation sites (tertiary alicyclic amines) is 1. The topological polar surface area (TPSA) is 75.4 Å². The van der Waals surface area contributed by atoms with Crippen molar-refractivity contribution in [3.8, 4) is 0 Å². The predicted molar refractivity (Wildman–Crippen MR) is 103 cm³/mol. The molecule has 0 bridgehead atoms. The minimum Gasteiger partial charge on any atom is -0.388 e. The van der Waals surface area contributed by atoms with Crippen LogP contribution in [0.4, 0.5) is 0 Å². The maximum atomic E-state index is 12.7. The van der Waals surface area contributed by atoms with Crippen LogP contribution in [0.15, 0.2) is 35.4 Å². The molecule has 6 heteroatoms. The Kier molecular flexibility index (Phi) is 5.00. The van der Waals surface area contributed by atoms with E-state index in [0.29, 0.717) is 36.8 Å². The first-order chi connectivity index (χ1) is 13.1. The summed E-state index contributed by atoms with van der Waals surface area (Å²) < 4.78 is 1.50. The van der Waals surface area contributed by atoms with Crippen LogP contribution < -0.4 is 5.56 Å². The Morgan fingerprint density at radius 1 is 1.15 bits per heavy atom. The standard InChI is InChI=1S/C21H27N3O3/c25-19(16-6-2-1-3-7-16)23-12-10-21(27,11-13-23)14-24-15-22-18-9-5-4-8-17(18)20(24)26/h4-5,8-9,15-16,27H,1-3,6-7,10-14H2. The summed E-state index contributed by atoms with van der Waals surface area (Å²) in [7, 11) is 0. The summed E-state index contributed by atoms with van der Waals surface area (Å²) in [4.78, 5) is 31.6. The molecule has 2 aliphatic rings. The van der Waals surface area contributed by atoms with Gasteiger partial charge >= 0.3 is 0 Å². The van der Waals surface area contributed by atoms with Crippen LogP contribution in [-0.2, 0) is 11.3 Å². The Bertz CT molecular complexity index is 878. The smallest absolute Gasteiger partial charge is 0.261 e. The van der Waals surface area contributed by atoms with E-state index in [1.165, 1.54) is 17.3 Å². The zero-order chi connectivity index (χ0) is 18.9. The van der Waals surface area contributed by atoms with Gasteiger partial charge < -0.3 is 10.0 Å². The summed E-state index contributed by atoms with van der Waals surface area (Å²) in [6.45, 7) is 1.33. The molecule has 2 heterocycles. The molecule has 1 aliphatic carbocycles. The zero-order valence-electron chi connectivity index (χ0n) is 15.6. The first-order valence-corrected chi connectivity index (χ1v) is 10.0. The highest BCUT2D eigenvalue weighted by atomic mass is 16.3. The molecule has 0 unspecified atom stereocenters. The third-order valence-electron chi connectivity index (χ3n) is 6.16. The number of hydrogen-bond donors (Lipinski definition) is 1. The van der Waals surface area contributed by atoms with Crippen LogP contribution in [0.5, 0.6) is 0 Å². The fraction of sp³-hybridized carbons (Fsp3) is 0.571. The van der Waals surface area contributed by atoms with Gasteiger partial charge in [-0.15, -0.1) is 0 Å². The van der Waals surface area contributed by atoms with Crippen LogP contribution in [0.3, 0.4) is 0 Å². The van der Waals surface area contributed by atoms with Gasteiger partial charge in [-0.05, 0) is 37.8 Å². The Morgan fingerprint density at radius 2 is 1.85 bits per heavy atom. The molecule has 0 spiro atoms. The van der Waals surface area contributed by atoms with Gasteiger partial charge in [0.15, 0.2) is 0 Å². The predicted octanol–water partition coefficient (Wildman–Crippen LogP) is 2.33. The average molecular weight is 369 g/mol. The summed E-state index contributed by atoms with van der Waals surface area (Å²) >= 11 is 0. The SMILES string of the molecule is O=C(C1CCCCC1)N1CCC(O)(Cn2cnc3ccccc3c2=O)CC1. The zero-order valence-corrected chi connectivity index (χ0v) is 15.6. The molecule has 1 N–H and O–H groups in total. The molecule has 2 aromatic rings. The molecule has 2 fully saturated rings. The molecule has 1 aliphatic heterocycles. The van der Waals surface area contributed by atoms with Crippen molar-refractivity contribution in [3.05, 3.63) is 40.9 Å². The lowest BCUT2D eigenvalue weighted by atomic mass is 9.86. The largest absolute Gasteiger partial charge is 0.388 e. The second-order valence-electron chi connectivity index (χ2n) is 8.08. The quantitative estimate of drug-likeness (QED) is 0.901. The van der Waals surface area contributed by atoms with Crippen LogP contribution in [-0.4, -0.2) is 44.2 Å². The Balaban J connectivity index is 1.43. The van der Waals surface area contributed by atoms with Gasteiger partial charge in [-0.2, -0.15) is 0 Å². The number of nitrogens with zero attached hydrogens (tertiary/aromatic N) is 3. The highest BCUT2D eigenvalue weighted by Crippen LogP contribution is 2.29. The van der Waals surface area contributed by atoms with Gasteiger partial charge in [-0.3, -0.25) is 14.2 Å². The highest BCUT2D eigenvalue weighted by molar-refractivity contribution is 5.79. The lowest BCUT2D eigenvalue weighted by molar-refractivity contribution is -0.141. The molecular formula is C21H27N3O3. The molecule has 1 amide bonds. The number of rotatable bonds is 3. The monoisotopic (exact) mass is 369 g/mol. The van der Waals surface area contributed by atoms with Gasteiger partial charge in [0.2, 0.25) is 5.91 Å². The number of carbonyl (C=O) groups is 1. The molecule has 144 valence electrons. The van der Waals surface area contributed by atoms with Gasteiger partial charge in [0.1, 0.15) is 0 Å². The van der Waals surface area contributed by atoms with Crippen molar-refractivity contribution in [1.82, 2.24) is 14.5 Å². The molecule has 27 heavy (non-hydrogen) atoms. The molecule has 1 saturated carbocycles. The molecule has 0 radical (unpaired) electrons. The van der Waals surface area contributed by atoms with Crippen molar-refractivity contribution in [2.75, 3.05) is 13.1 Å². The number of benzene rings is 1. The van der Waals surface area contributed by atoms with Crippen molar-refractivity contribution in [3.63, 3.8) is 0 Å². The molecule has 1 aromatic carbocycles. The first kappa shape index (κ1) is 18.2. The second-order valence-corrected chi connectivity index (χ2v) is 8.08. The number of para-hydroxylation sites is 1. The van der Waals surface area contributed by atoms with E-state index in [-0.39, 0.29) is 23.9 Å². The minimum atomic E-state index is -0.975. The van der Waals surface area contributed by atoms with Crippen molar-refractivity contribution < 1.29 is 9.90 Å². The summed E-state index contributed by atoms with van der Waals surface area (Å²) in [6, 6.07) is 7.24. The molecule has 6 nitrogen and oxygen atoms in total. The van der Waals surface area contributed by atoms with Gasteiger partial charge in [-0.1, -0.05) is 31.4 Å². The molecule has 0 atom stereocenters. The number of carbonyl (C=O) groups excluding carboxylic acids is 1. The van der Waals surface area contributed by atoms with Crippen LogP contribution in [0, 0.1) is 5.92 Å². The fourth-order valence-electron chi connectivity index (χ4n) is 4.45. The fourth-order valence-corrected chi connectivity index (χ4v) is 4.45. The Labute approximate surface area is 158 Å². The number of aromatic nitrogens is 2. The van der Waals surface area contributed by atoms with Crippen LogP contribution in [0.1, 0.15) is 44.9 Å². The lowest BCUT2D eigenvalue weighted by Gasteiger charge is -2.40. The Hall–Kier alpha value is -2.21.